The number of halogens is 1. The van der Waals surface area contributed by atoms with Gasteiger partial charge in [-0.2, -0.15) is 0 Å². The normalized spacial score (nSPS) is 28.9. The Morgan fingerprint density at radius 2 is 1.75 bits per heavy atom. The Balaban J connectivity index is 0.00000147. The van der Waals surface area contributed by atoms with Crippen LogP contribution in [0.1, 0.15) is 31.2 Å². The number of nitrogens with zero attached hydrogens (tertiary/aromatic N) is 1. The highest BCUT2D eigenvalue weighted by atomic mass is 35.5. The molecule has 1 N–H and O–H groups in total. The average molecular weight is 296 g/mol. The molecule has 4 heteroatoms. The van der Waals surface area contributed by atoms with Gasteiger partial charge in [-0.1, -0.05) is 30.3 Å². The minimum atomic E-state index is -0.598. The summed E-state index contributed by atoms with van der Waals surface area (Å²) in [4.78, 5) is 13.7. The average Bonchev–Trinajstić information content (AvgIpc) is 2.66. The smallest absolute Gasteiger partial charge is 0.306 e. The molecule has 0 radical (unpaired) electrons. The Morgan fingerprint density at radius 1 is 1.15 bits per heavy atom. The van der Waals surface area contributed by atoms with Gasteiger partial charge >= 0.3 is 5.97 Å². The molecule has 2 saturated heterocycles. The van der Waals surface area contributed by atoms with Gasteiger partial charge in [-0.05, 0) is 37.7 Å². The zero-order chi connectivity index (χ0) is 13.2. The van der Waals surface area contributed by atoms with E-state index in [1.165, 1.54) is 18.4 Å². The molecule has 0 aliphatic carbocycles. The van der Waals surface area contributed by atoms with Crippen LogP contribution in [0.25, 0.3) is 0 Å². The van der Waals surface area contributed by atoms with Crippen molar-refractivity contribution in [3.05, 3.63) is 35.9 Å². The summed E-state index contributed by atoms with van der Waals surface area (Å²) >= 11 is 0. The van der Waals surface area contributed by atoms with E-state index in [2.05, 4.69) is 29.2 Å². The Hall–Kier alpha value is -1.06. The molecule has 20 heavy (non-hydrogen) atoms. The molecule has 3 nitrogen and oxygen atoms in total. The van der Waals surface area contributed by atoms with E-state index in [0.29, 0.717) is 12.1 Å². The summed E-state index contributed by atoms with van der Waals surface area (Å²) in [5.41, 5.74) is 1.38. The first-order valence-electron chi connectivity index (χ1n) is 7.26. The molecule has 3 rings (SSSR count). The van der Waals surface area contributed by atoms with Crippen molar-refractivity contribution < 1.29 is 9.90 Å². The summed E-state index contributed by atoms with van der Waals surface area (Å²) in [5.74, 6) is -0.704. The van der Waals surface area contributed by atoms with E-state index in [-0.39, 0.29) is 18.3 Å². The molecule has 2 aliphatic heterocycles. The zero-order valence-electron chi connectivity index (χ0n) is 11.6. The predicted octanol–water partition coefficient (Wildman–Crippen LogP) is 2.98. The zero-order valence-corrected chi connectivity index (χ0v) is 12.4. The van der Waals surface area contributed by atoms with Gasteiger partial charge in [-0.25, -0.2) is 0 Å². The number of carboxylic acid groups (broad SMARTS) is 1. The lowest BCUT2D eigenvalue weighted by atomic mass is 9.90. The number of carboxylic acids is 1. The highest BCUT2D eigenvalue weighted by Crippen LogP contribution is 2.38. The SMILES string of the molecule is Cl.O=C(O)C1CC2CCC(C1)N2CCc1ccccc1. The van der Waals surface area contributed by atoms with E-state index in [4.69, 9.17) is 0 Å². The summed E-state index contributed by atoms with van der Waals surface area (Å²) in [6.07, 6.45) is 5.14. The number of benzene rings is 1. The topological polar surface area (TPSA) is 40.5 Å². The van der Waals surface area contributed by atoms with Crippen LogP contribution in [0, 0.1) is 5.92 Å². The summed E-state index contributed by atoms with van der Waals surface area (Å²) in [6, 6.07) is 11.6. The number of rotatable bonds is 4. The van der Waals surface area contributed by atoms with E-state index >= 15 is 0 Å². The Morgan fingerprint density at radius 3 is 2.30 bits per heavy atom. The molecule has 2 bridgehead atoms. The van der Waals surface area contributed by atoms with E-state index in [9.17, 15) is 9.90 Å². The monoisotopic (exact) mass is 295 g/mol. The highest BCUT2D eigenvalue weighted by Gasteiger charge is 2.42. The number of hydrogen-bond donors (Lipinski definition) is 1. The maximum Gasteiger partial charge on any atom is 0.306 e. The van der Waals surface area contributed by atoms with Crippen molar-refractivity contribution in [2.24, 2.45) is 5.92 Å². The molecule has 110 valence electrons. The number of aliphatic carboxylic acids is 1. The molecule has 2 unspecified atom stereocenters. The van der Waals surface area contributed by atoms with Crippen LogP contribution in [-0.4, -0.2) is 34.6 Å². The molecule has 2 fully saturated rings. The Labute approximate surface area is 126 Å². The van der Waals surface area contributed by atoms with E-state index in [1.54, 1.807) is 0 Å². The van der Waals surface area contributed by atoms with Crippen LogP contribution in [0.5, 0.6) is 0 Å². The molecule has 2 aliphatic rings. The van der Waals surface area contributed by atoms with Gasteiger partial charge in [0.2, 0.25) is 0 Å². The third-order valence-corrected chi connectivity index (χ3v) is 4.74. The van der Waals surface area contributed by atoms with E-state index < -0.39 is 5.97 Å². The minimum Gasteiger partial charge on any atom is -0.481 e. The molecule has 0 aromatic heterocycles. The maximum absolute atomic E-state index is 11.1. The van der Waals surface area contributed by atoms with Gasteiger partial charge in [0, 0.05) is 18.6 Å². The summed E-state index contributed by atoms with van der Waals surface area (Å²) in [6.45, 7) is 1.08. The van der Waals surface area contributed by atoms with E-state index in [1.807, 2.05) is 6.07 Å². The lowest BCUT2D eigenvalue weighted by Gasteiger charge is -2.37. The lowest BCUT2D eigenvalue weighted by Crippen LogP contribution is -2.45. The van der Waals surface area contributed by atoms with E-state index in [0.717, 1.165) is 25.8 Å². The van der Waals surface area contributed by atoms with Gasteiger partial charge in [-0.3, -0.25) is 9.69 Å². The van der Waals surface area contributed by atoms with Crippen LogP contribution in [0.3, 0.4) is 0 Å². The van der Waals surface area contributed by atoms with Gasteiger partial charge < -0.3 is 5.11 Å². The number of carbonyl (C=O) groups is 1. The number of fused-ring (bicyclic) bond motifs is 2. The van der Waals surface area contributed by atoms with Crippen LogP contribution in [0.15, 0.2) is 30.3 Å². The highest BCUT2D eigenvalue weighted by molar-refractivity contribution is 5.85. The maximum atomic E-state index is 11.1. The predicted molar refractivity (Wildman–Crippen MR) is 81.3 cm³/mol. The van der Waals surface area contributed by atoms with Crippen molar-refractivity contribution in [1.82, 2.24) is 4.90 Å². The molecule has 1 aromatic rings. The number of piperidine rings is 1. The second kappa shape index (κ2) is 6.59. The largest absolute Gasteiger partial charge is 0.481 e. The molecule has 0 amide bonds. The quantitative estimate of drug-likeness (QED) is 0.928. The lowest BCUT2D eigenvalue weighted by molar-refractivity contribution is -0.144. The summed E-state index contributed by atoms with van der Waals surface area (Å²) < 4.78 is 0. The third-order valence-electron chi connectivity index (χ3n) is 4.74. The summed E-state index contributed by atoms with van der Waals surface area (Å²) in [5, 5.41) is 9.18. The van der Waals surface area contributed by atoms with Gasteiger partial charge in [0.15, 0.2) is 0 Å². The van der Waals surface area contributed by atoms with Gasteiger partial charge in [0.1, 0.15) is 0 Å². The first-order chi connectivity index (χ1) is 9.24. The fourth-order valence-electron chi connectivity index (χ4n) is 3.74. The fourth-order valence-corrected chi connectivity index (χ4v) is 3.74. The van der Waals surface area contributed by atoms with Crippen molar-refractivity contribution in [2.75, 3.05) is 6.54 Å². The molecular formula is C16H22ClNO2. The molecule has 0 saturated carbocycles. The second-order valence-electron chi connectivity index (χ2n) is 5.86. The van der Waals surface area contributed by atoms with Crippen LogP contribution >= 0.6 is 12.4 Å². The molecule has 2 atom stereocenters. The van der Waals surface area contributed by atoms with Crippen molar-refractivity contribution in [3.8, 4) is 0 Å². The number of hydrogen-bond acceptors (Lipinski definition) is 2. The van der Waals surface area contributed by atoms with Crippen molar-refractivity contribution >= 4 is 18.4 Å². The molecular weight excluding hydrogens is 274 g/mol. The molecule has 0 spiro atoms. The van der Waals surface area contributed by atoms with Crippen LogP contribution in [-0.2, 0) is 11.2 Å². The van der Waals surface area contributed by atoms with Crippen molar-refractivity contribution in [1.29, 1.82) is 0 Å². The van der Waals surface area contributed by atoms with Gasteiger partial charge in [0.05, 0.1) is 5.92 Å². The third kappa shape index (κ3) is 3.15. The Bertz CT molecular complexity index is 437. The van der Waals surface area contributed by atoms with Gasteiger partial charge in [0.25, 0.3) is 0 Å². The molecule has 1 aromatic carbocycles. The minimum absolute atomic E-state index is 0. The van der Waals surface area contributed by atoms with Crippen LogP contribution in [0.2, 0.25) is 0 Å². The fraction of sp³-hybridized carbons (Fsp3) is 0.562. The van der Waals surface area contributed by atoms with Crippen molar-refractivity contribution in [3.63, 3.8) is 0 Å². The molecule has 2 heterocycles. The van der Waals surface area contributed by atoms with Crippen LogP contribution < -0.4 is 0 Å². The first kappa shape index (κ1) is 15.3. The van der Waals surface area contributed by atoms with Crippen molar-refractivity contribution in [2.45, 2.75) is 44.2 Å². The second-order valence-corrected chi connectivity index (χ2v) is 5.86. The summed E-state index contributed by atoms with van der Waals surface area (Å²) in [7, 11) is 0. The van der Waals surface area contributed by atoms with Gasteiger partial charge in [-0.15, -0.1) is 12.4 Å². The first-order valence-corrected chi connectivity index (χ1v) is 7.26. The standard InChI is InChI=1S/C16H21NO2.ClH/c18-16(19)13-10-14-6-7-15(11-13)17(14)9-8-12-4-2-1-3-5-12;/h1-5,13-15H,6-11H2,(H,18,19);1H. The Kier molecular flexibility index (Phi) is 5.06. The van der Waals surface area contributed by atoms with Crippen LogP contribution in [0.4, 0.5) is 0 Å².